The van der Waals surface area contributed by atoms with Crippen LogP contribution < -0.4 is 20.1 Å². The molecule has 1 heterocycles. The molecule has 1 aliphatic carbocycles. The summed E-state index contributed by atoms with van der Waals surface area (Å²) in [5.74, 6) is 1.69. The molecule has 0 unspecified atom stereocenters. The molecule has 0 aromatic heterocycles. The monoisotopic (exact) mass is 304 g/mol. The summed E-state index contributed by atoms with van der Waals surface area (Å²) >= 11 is 0. The number of hydrogen-bond acceptors (Lipinski definition) is 4. The zero-order valence-electron chi connectivity index (χ0n) is 12.9. The van der Waals surface area contributed by atoms with Gasteiger partial charge < -0.3 is 20.1 Å². The zero-order valence-corrected chi connectivity index (χ0v) is 12.9. The summed E-state index contributed by atoms with van der Waals surface area (Å²) in [6, 6.07) is 6.16. The highest BCUT2D eigenvalue weighted by atomic mass is 16.6. The fourth-order valence-electron chi connectivity index (χ4n) is 3.02. The number of amides is 1. The van der Waals surface area contributed by atoms with Gasteiger partial charge in [-0.1, -0.05) is 19.3 Å². The topological polar surface area (TPSA) is 59.6 Å². The number of benzene rings is 1. The summed E-state index contributed by atoms with van der Waals surface area (Å²) in [6.45, 7) is 1.81. The van der Waals surface area contributed by atoms with Gasteiger partial charge in [0.25, 0.3) is 0 Å². The molecule has 1 aliphatic heterocycles. The predicted octanol–water partition coefficient (Wildman–Crippen LogP) is 2.71. The van der Waals surface area contributed by atoms with Crippen LogP contribution in [0.15, 0.2) is 18.2 Å². The molecule has 3 rings (SSSR count). The number of ether oxygens (including phenoxy) is 2. The Bertz CT molecular complexity index is 513. The van der Waals surface area contributed by atoms with Gasteiger partial charge in [0, 0.05) is 30.8 Å². The highest BCUT2D eigenvalue weighted by Crippen LogP contribution is 2.32. The summed E-state index contributed by atoms with van der Waals surface area (Å²) < 4.78 is 11.0. The quantitative estimate of drug-likeness (QED) is 0.878. The van der Waals surface area contributed by atoms with Crippen molar-refractivity contribution in [2.45, 2.75) is 44.6 Å². The second-order valence-corrected chi connectivity index (χ2v) is 5.94. The van der Waals surface area contributed by atoms with Crippen LogP contribution in [-0.2, 0) is 4.79 Å². The largest absolute Gasteiger partial charge is 0.486 e. The molecule has 1 saturated carbocycles. The van der Waals surface area contributed by atoms with Crippen molar-refractivity contribution in [2.24, 2.45) is 0 Å². The molecule has 0 saturated heterocycles. The lowest BCUT2D eigenvalue weighted by Crippen LogP contribution is -2.36. The molecule has 1 aromatic rings. The average molecular weight is 304 g/mol. The van der Waals surface area contributed by atoms with E-state index in [9.17, 15) is 4.79 Å². The smallest absolute Gasteiger partial charge is 0.221 e. The molecule has 5 heteroatoms. The first-order valence-electron chi connectivity index (χ1n) is 8.24. The minimum Gasteiger partial charge on any atom is -0.486 e. The molecule has 22 heavy (non-hydrogen) atoms. The first kappa shape index (κ1) is 15.0. The molecule has 1 amide bonds. The number of fused-ring (bicyclic) bond motifs is 1. The normalized spacial score (nSPS) is 17.8. The number of rotatable bonds is 5. The lowest BCUT2D eigenvalue weighted by atomic mass is 9.95. The highest BCUT2D eigenvalue weighted by molar-refractivity contribution is 5.76. The van der Waals surface area contributed by atoms with Crippen molar-refractivity contribution in [1.29, 1.82) is 0 Å². The van der Waals surface area contributed by atoms with Crippen molar-refractivity contribution < 1.29 is 14.3 Å². The second kappa shape index (κ2) is 7.38. The third-order valence-electron chi connectivity index (χ3n) is 4.19. The van der Waals surface area contributed by atoms with Gasteiger partial charge in [0.15, 0.2) is 11.5 Å². The van der Waals surface area contributed by atoms with Gasteiger partial charge in [-0.25, -0.2) is 0 Å². The maximum atomic E-state index is 11.9. The second-order valence-electron chi connectivity index (χ2n) is 5.94. The van der Waals surface area contributed by atoms with E-state index < -0.39 is 0 Å². The van der Waals surface area contributed by atoms with Crippen molar-refractivity contribution in [3.63, 3.8) is 0 Å². The molecule has 2 N–H and O–H groups in total. The van der Waals surface area contributed by atoms with Gasteiger partial charge in [0.2, 0.25) is 5.91 Å². The molecular formula is C17H24N2O3. The van der Waals surface area contributed by atoms with Crippen molar-refractivity contribution in [2.75, 3.05) is 25.1 Å². The van der Waals surface area contributed by atoms with Gasteiger partial charge in [-0.15, -0.1) is 0 Å². The Labute approximate surface area is 131 Å². The molecule has 1 aromatic carbocycles. The standard InChI is InChI=1S/C17H24N2O3/c20-17(19-13-4-2-1-3-5-13)8-9-18-14-6-7-15-16(12-14)22-11-10-21-15/h6-7,12-13,18H,1-5,8-11H2,(H,19,20). The summed E-state index contributed by atoms with van der Waals surface area (Å²) in [4.78, 5) is 11.9. The summed E-state index contributed by atoms with van der Waals surface area (Å²) in [5, 5.41) is 6.40. The summed E-state index contributed by atoms with van der Waals surface area (Å²) in [6.07, 6.45) is 6.52. The van der Waals surface area contributed by atoms with Crippen LogP contribution in [0.25, 0.3) is 0 Å². The molecule has 2 aliphatic rings. The van der Waals surface area contributed by atoms with Crippen molar-refractivity contribution in [3.05, 3.63) is 18.2 Å². The van der Waals surface area contributed by atoms with Crippen LogP contribution in [0.5, 0.6) is 11.5 Å². The summed E-state index contributed by atoms with van der Waals surface area (Å²) in [7, 11) is 0. The van der Waals surface area contributed by atoms with Crippen molar-refractivity contribution >= 4 is 11.6 Å². The van der Waals surface area contributed by atoms with Crippen LogP contribution in [0, 0.1) is 0 Å². The number of nitrogens with one attached hydrogen (secondary N) is 2. The number of hydrogen-bond donors (Lipinski definition) is 2. The number of carbonyl (C=O) groups is 1. The predicted molar refractivity (Wildman–Crippen MR) is 85.6 cm³/mol. The fraction of sp³-hybridized carbons (Fsp3) is 0.588. The van der Waals surface area contributed by atoms with Crippen LogP contribution in [0.2, 0.25) is 0 Å². The maximum Gasteiger partial charge on any atom is 0.221 e. The lowest BCUT2D eigenvalue weighted by Gasteiger charge is -2.23. The van der Waals surface area contributed by atoms with Crippen LogP contribution >= 0.6 is 0 Å². The maximum absolute atomic E-state index is 11.9. The Morgan fingerprint density at radius 2 is 1.86 bits per heavy atom. The molecule has 5 nitrogen and oxygen atoms in total. The van der Waals surface area contributed by atoms with E-state index in [4.69, 9.17) is 9.47 Å². The zero-order chi connectivity index (χ0) is 15.2. The van der Waals surface area contributed by atoms with E-state index in [1.807, 2.05) is 18.2 Å². The minimum atomic E-state index is 0.136. The third kappa shape index (κ3) is 4.06. The molecule has 1 fully saturated rings. The van der Waals surface area contributed by atoms with E-state index in [1.54, 1.807) is 0 Å². The number of anilines is 1. The molecule has 0 spiro atoms. The molecule has 0 atom stereocenters. The molecular weight excluding hydrogens is 280 g/mol. The van der Waals surface area contributed by atoms with E-state index in [-0.39, 0.29) is 5.91 Å². The Balaban J connectivity index is 1.41. The first-order valence-corrected chi connectivity index (χ1v) is 8.24. The molecule has 0 radical (unpaired) electrons. The fourth-order valence-corrected chi connectivity index (χ4v) is 3.02. The van der Waals surface area contributed by atoms with E-state index in [1.165, 1.54) is 19.3 Å². The van der Waals surface area contributed by atoms with Gasteiger partial charge >= 0.3 is 0 Å². The highest BCUT2D eigenvalue weighted by Gasteiger charge is 2.15. The SMILES string of the molecule is O=C(CCNc1ccc2c(c1)OCCO2)NC1CCCCC1. The summed E-state index contributed by atoms with van der Waals surface area (Å²) in [5.41, 5.74) is 0.953. The van der Waals surface area contributed by atoms with Crippen molar-refractivity contribution in [3.8, 4) is 11.5 Å². The first-order chi connectivity index (χ1) is 10.8. The van der Waals surface area contributed by atoms with E-state index in [2.05, 4.69) is 10.6 Å². The van der Waals surface area contributed by atoms with Gasteiger partial charge in [0.05, 0.1) is 0 Å². The van der Waals surface area contributed by atoms with Gasteiger partial charge in [-0.3, -0.25) is 4.79 Å². The Morgan fingerprint density at radius 1 is 1.09 bits per heavy atom. The molecule has 0 bridgehead atoms. The minimum absolute atomic E-state index is 0.136. The number of carbonyl (C=O) groups excluding carboxylic acids is 1. The van der Waals surface area contributed by atoms with E-state index in [0.717, 1.165) is 30.0 Å². The molecule has 120 valence electrons. The third-order valence-corrected chi connectivity index (χ3v) is 4.19. The van der Waals surface area contributed by atoms with Crippen LogP contribution in [0.1, 0.15) is 38.5 Å². The van der Waals surface area contributed by atoms with Crippen LogP contribution in [0.3, 0.4) is 0 Å². The van der Waals surface area contributed by atoms with Gasteiger partial charge in [-0.2, -0.15) is 0 Å². The Kier molecular flexibility index (Phi) is 5.03. The van der Waals surface area contributed by atoms with Gasteiger partial charge in [0.1, 0.15) is 13.2 Å². The Morgan fingerprint density at radius 3 is 2.68 bits per heavy atom. The van der Waals surface area contributed by atoms with Crippen LogP contribution in [0.4, 0.5) is 5.69 Å². The Hall–Kier alpha value is -1.91. The van der Waals surface area contributed by atoms with Crippen LogP contribution in [-0.4, -0.2) is 31.7 Å². The van der Waals surface area contributed by atoms with E-state index in [0.29, 0.717) is 32.2 Å². The van der Waals surface area contributed by atoms with E-state index >= 15 is 0 Å². The van der Waals surface area contributed by atoms with Gasteiger partial charge in [-0.05, 0) is 25.0 Å². The van der Waals surface area contributed by atoms with Crippen molar-refractivity contribution in [1.82, 2.24) is 5.32 Å². The lowest BCUT2D eigenvalue weighted by molar-refractivity contribution is -0.121. The average Bonchev–Trinajstić information content (AvgIpc) is 2.55.